The maximum Gasteiger partial charge on any atom is 0.175 e. The van der Waals surface area contributed by atoms with Crippen molar-refractivity contribution in [2.75, 3.05) is 6.26 Å². The Labute approximate surface area is 101 Å². The van der Waals surface area contributed by atoms with Gasteiger partial charge in [0, 0.05) is 23.7 Å². The molecule has 0 atom stereocenters. The number of aryl methyl sites for hydroxylation is 1. The van der Waals surface area contributed by atoms with E-state index in [4.69, 9.17) is 0 Å². The maximum atomic E-state index is 11.3. The number of hydrogen-bond donors (Lipinski definition) is 0. The van der Waals surface area contributed by atoms with Crippen LogP contribution in [0.5, 0.6) is 0 Å². The topological polar surface area (TPSA) is 47.0 Å². The molecule has 0 bridgehead atoms. The fourth-order valence-corrected chi connectivity index (χ4v) is 2.30. The van der Waals surface area contributed by atoms with Crippen molar-refractivity contribution in [2.45, 2.75) is 11.8 Å². The van der Waals surface area contributed by atoms with Crippen LogP contribution in [0.1, 0.15) is 5.69 Å². The van der Waals surface area contributed by atoms with Gasteiger partial charge in [0.25, 0.3) is 0 Å². The average molecular weight is 247 g/mol. The van der Waals surface area contributed by atoms with Gasteiger partial charge in [0.15, 0.2) is 9.84 Å². The highest BCUT2D eigenvalue weighted by molar-refractivity contribution is 7.90. The zero-order valence-corrected chi connectivity index (χ0v) is 10.5. The van der Waals surface area contributed by atoms with Gasteiger partial charge >= 0.3 is 0 Å². The minimum absolute atomic E-state index is 0.336. The zero-order chi connectivity index (χ0) is 12.5. The Morgan fingerprint density at radius 1 is 1.06 bits per heavy atom. The van der Waals surface area contributed by atoms with E-state index in [1.54, 1.807) is 30.5 Å². The lowest BCUT2D eigenvalue weighted by Crippen LogP contribution is -1.96. The molecule has 4 heteroatoms. The molecule has 0 saturated heterocycles. The van der Waals surface area contributed by atoms with Crippen molar-refractivity contribution >= 4 is 9.84 Å². The van der Waals surface area contributed by atoms with Crippen molar-refractivity contribution in [2.24, 2.45) is 0 Å². The fourth-order valence-electron chi connectivity index (χ4n) is 1.67. The second-order valence-corrected chi connectivity index (χ2v) is 5.95. The first kappa shape index (κ1) is 11.8. The summed E-state index contributed by atoms with van der Waals surface area (Å²) in [5.74, 6) is 0. The standard InChI is InChI=1S/C13H13NO2S/c1-10-13(4-3-9-14-10)11-5-7-12(8-6-11)17(2,15)16/h3-9H,1-2H3. The van der Waals surface area contributed by atoms with Gasteiger partial charge in [-0.1, -0.05) is 18.2 Å². The Hall–Kier alpha value is -1.68. The summed E-state index contributed by atoms with van der Waals surface area (Å²) in [6, 6.07) is 10.7. The largest absolute Gasteiger partial charge is 0.261 e. The Morgan fingerprint density at radius 2 is 1.71 bits per heavy atom. The summed E-state index contributed by atoms with van der Waals surface area (Å²) in [5, 5.41) is 0. The van der Waals surface area contributed by atoms with Crippen LogP contribution in [-0.4, -0.2) is 19.7 Å². The molecular weight excluding hydrogens is 234 g/mol. The van der Waals surface area contributed by atoms with Crippen molar-refractivity contribution in [3.8, 4) is 11.1 Å². The molecule has 2 rings (SSSR count). The van der Waals surface area contributed by atoms with Gasteiger partial charge in [-0.15, -0.1) is 0 Å². The van der Waals surface area contributed by atoms with Gasteiger partial charge in [0.05, 0.1) is 4.90 Å². The molecule has 1 heterocycles. The molecule has 0 aliphatic heterocycles. The lowest BCUT2D eigenvalue weighted by Gasteiger charge is -2.05. The SMILES string of the molecule is Cc1ncccc1-c1ccc(S(C)(=O)=O)cc1. The molecule has 17 heavy (non-hydrogen) atoms. The second kappa shape index (κ2) is 4.30. The van der Waals surface area contributed by atoms with E-state index in [1.165, 1.54) is 6.26 Å². The van der Waals surface area contributed by atoms with Gasteiger partial charge in [-0.25, -0.2) is 8.42 Å². The first-order valence-electron chi connectivity index (χ1n) is 5.20. The highest BCUT2D eigenvalue weighted by atomic mass is 32.2. The molecule has 0 saturated carbocycles. The number of rotatable bonds is 2. The second-order valence-electron chi connectivity index (χ2n) is 3.93. The van der Waals surface area contributed by atoms with E-state index in [9.17, 15) is 8.42 Å². The van der Waals surface area contributed by atoms with Crippen LogP contribution in [-0.2, 0) is 9.84 Å². The highest BCUT2D eigenvalue weighted by Crippen LogP contribution is 2.23. The minimum Gasteiger partial charge on any atom is -0.261 e. The first-order valence-corrected chi connectivity index (χ1v) is 7.10. The Balaban J connectivity index is 2.47. The van der Waals surface area contributed by atoms with Crippen molar-refractivity contribution < 1.29 is 8.42 Å². The van der Waals surface area contributed by atoms with E-state index in [-0.39, 0.29) is 0 Å². The first-order chi connectivity index (χ1) is 7.98. The Bertz CT molecular complexity index is 631. The van der Waals surface area contributed by atoms with Gasteiger partial charge in [-0.2, -0.15) is 0 Å². The molecular formula is C13H13NO2S. The summed E-state index contributed by atoms with van der Waals surface area (Å²) in [5.41, 5.74) is 2.93. The molecule has 0 aliphatic rings. The van der Waals surface area contributed by atoms with Crippen molar-refractivity contribution in [3.63, 3.8) is 0 Å². The van der Waals surface area contributed by atoms with Crippen molar-refractivity contribution in [1.29, 1.82) is 0 Å². The van der Waals surface area contributed by atoms with Gasteiger partial charge in [-0.05, 0) is 30.7 Å². The number of aromatic nitrogens is 1. The molecule has 0 N–H and O–H groups in total. The quantitative estimate of drug-likeness (QED) is 0.819. The van der Waals surface area contributed by atoms with E-state index >= 15 is 0 Å². The molecule has 0 aliphatic carbocycles. The lowest BCUT2D eigenvalue weighted by molar-refractivity contribution is 0.602. The number of nitrogens with zero attached hydrogens (tertiary/aromatic N) is 1. The molecule has 88 valence electrons. The summed E-state index contributed by atoms with van der Waals surface area (Å²) in [6.07, 6.45) is 2.95. The van der Waals surface area contributed by atoms with E-state index in [0.717, 1.165) is 16.8 Å². The van der Waals surface area contributed by atoms with Crippen LogP contribution in [0.3, 0.4) is 0 Å². The van der Waals surface area contributed by atoms with Crippen LogP contribution >= 0.6 is 0 Å². The average Bonchev–Trinajstić information content (AvgIpc) is 2.29. The third-order valence-corrected chi connectivity index (χ3v) is 3.73. The predicted molar refractivity (Wildman–Crippen MR) is 67.5 cm³/mol. The van der Waals surface area contributed by atoms with Crippen molar-refractivity contribution in [1.82, 2.24) is 4.98 Å². The van der Waals surface area contributed by atoms with Crippen LogP contribution in [0.15, 0.2) is 47.5 Å². The van der Waals surface area contributed by atoms with Crippen molar-refractivity contribution in [3.05, 3.63) is 48.3 Å². The smallest absolute Gasteiger partial charge is 0.175 e. The fraction of sp³-hybridized carbons (Fsp3) is 0.154. The summed E-state index contributed by atoms with van der Waals surface area (Å²) in [7, 11) is -3.13. The molecule has 2 aromatic rings. The van der Waals surface area contributed by atoms with Crippen LogP contribution < -0.4 is 0 Å². The maximum absolute atomic E-state index is 11.3. The number of hydrogen-bond acceptors (Lipinski definition) is 3. The summed E-state index contributed by atoms with van der Waals surface area (Å²) in [6.45, 7) is 1.93. The van der Waals surface area contributed by atoms with E-state index in [1.807, 2.05) is 19.1 Å². The van der Waals surface area contributed by atoms with Crippen LogP contribution in [0.2, 0.25) is 0 Å². The molecule has 1 aromatic heterocycles. The van der Waals surface area contributed by atoms with E-state index in [0.29, 0.717) is 4.90 Å². The van der Waals surface area contributed by atoms with Crippen LogP contribution in [0, 0.1) is 6.92 Å². The number of pyridine rings is 1. The van der Waals surface area contributed by atoms with E-state index < -0.39 is 9.84 Å². The van der Waals surface area contributed by atoms with Gasteiger partial charge in [0.2, 0.25) is 0 Å². The lowest BCUT2D eigenvalue weighted by atomic mass is 10.1. The monoisotopic (exact) mass is 247 g/mol. The van der Waals surface area contributed by atoms with Crippen LogP contribution in [0.25, 0.3) is 11.1 Å². The molecule has 0 amide bonds. The molecule has 0 unspecified atom stereocenters. The van der Waals surface area contributed by atoms with E-state index in [2.05, 4.69) is 4.98 Å². The van der Waals surface area contributed by atoms with Gasteiger partial charge < -0.3 is 0 Å². The van der Waals surface area contributed by atoms with Gasteiger partial charge in [0.1, 0.15) is 0 Å². The summed E-state index contributed by atoms with van der Waals surface area (Å²) < 4.78 is 22.7. The van der Waals surface area contributed by atoms with Gasteiger partial charge in [-0.3, -0.25) is 4.98 Å². The molecule has 1 aromatic carbocycles. The van der Waals surface area contributed by atoms with Crippen LogP contribution in [0.4, 0.5) is 0 Å². The summed E-state index contributed by atoms with van der Waals surface area (Å²) in [4.78, 5) is 4.54. The molecule has 0 fully saturated rings. The number of sulfone groups is 1. The molecule has 0 radical (unpaired) electrons. The molecule has 3 nitrogen and oxygen atoms in total. The normalized spacial score (nSPS) is 11.4. The summed E-state index contributed by atoms with van der Waals surface area (Å²) >= 11 is 0. The predicted octanol–water partition coefficient (Wildman–Crippen LogP) is 2.46. The highest BCUT2D eigenvalue weighted by Gasteiger charge is 2.07. The third-order valence-electron chi connectivity index (χ3n) is 2.60. The number of benzene rings is 1. The Morgan fingerprint density at radius 3 is 2.24 bits per heavy atom. The minimum atomic E-state index is -3.13. The Kier molecular flexibility index (Phi) is 2.98. The zero-order valence-electron chi connectivity index (χ0n) is 9.71. The molecule has 0 spiro atoms. The third kappa shape index (κ3) is 2.53.